The van der Waals surface area contributed by atoms with Crippen molar-refractivity contribution >= 4 is 17.4 Å². The summed E-state index contributed by atoms with van der Waals surface area (Å²) in [5, 5.41) is 0. The summed E-state index contributed by atoms with van der Waals surface area (Å²) in [4.78, 5) is 0. The van der Waals surface area contributed by atoms with Gasteiger partial charge in [-0.3, -0.25) is 0 Å². The van der Waals surface area contributed by atoms with Crippen molar-refractivity contribution in [3.05, 3.63) is 0 Å². The first-order valence-corrected chi connectivity index (χ1v) is 18.7. The molecular weight excluding hydrogens is 447 g/mol. The van der Waals surface area contributed by atoms with Crippen LogP contribution in [0.25, 0.3) is 0 Å². The molecule has 0 fully saturated rings. The second-order valence-corrected chi connectivity index (χ2v) is 16.1. The van der Waals surface area contributed by atoms with Gasteiger partial charge in [0.2, 0.25) is 0 Å². The van der Waals surface area contributed by atoms with E-state index in [1.807, 2.05) is 0 Å². The average molecular weight is 509 g/mol. The van der Waals surface area contributed by atoms with Crippen LogP contribution in [-0.2, 0) is 10.1 Å². The molecule has 0 heterocycles. The van der Waals surface area contributed by atoms with Gasteiger partial charge in [0, 0.05) is 13.0 Å². The average Bonchev–Trinajstić information content (AvgIpc) is 2.79. The Morgan fingerprint density at radius 2 is 0.727 bits per heavy atom. The van der Waals surface area contributed by atoms with Crippen molar-refractivity contribution in [3.8, 4) is 0 Å². The molecule has 0 saturated carbocycles. The number of unbranched alkanes of at least 4 members (excludes halogenated alkanes) is 13. The second kappa shape index (κ2) is 25.4. The van der Waals surface area contributed by atoms with E-state index in [2.05, 4.69) is 34.6 Å². The largest absolute Gasteiger partial charge is 0.748 e. The Hall–Kier alpha value is 0.340. The molecule has 0 bridgehead atoms. The van der Waals surface area contributed by atoms with Crippen LogP contribution in [0.1, 0.15) is 150 Å². The van der Waals surface area contributed by atoms with Crippen LogP contribution in [0.4, 0.5) is 0 Å². The molecule has 0 spiro atoms. The van der Waals surface area contributed by atoms with E-state index >= 15 is 0 Å². The molecule has 5 heteroatoms. The van der Waals surface area contributed by atoms with Crippen LogP contribution in [0, 0.1) is 0 Å². The summed E-state index contributed by atoms with van der Waals surface area (Å²) in [5.41, 5.74) is 0. The van der Waals surface area contributed by atoms with Crippen molar-refractivity contribution in [1.29, 1.82) is 0 Å². The SMILES string of the molecule is CCCCCCCCCCCCS(=O)(=O)[O-].CCCC[P+](CCCC)(CCCC)CCCC. The predicted octanol–water partition coefficient (Wildman–Crippen LogP) is 9.66. The first kappa shape index (κ1) is 35.5. The summed E-state index contributed by atoms with van der Waals surface area (Å²) in [5.74, 6) is -0.191. The molecule has 0 atom stereocenters. The summed E-state index contributed by atoms with van der Waals surface area (Å²) in [7, 11) is -4.54. The Morgan fingerprint density at radius 1 is 0.455 bits per heavy atom. The topological polar surface area (TPSA) is 57.2 Å². The van der Waals surface area contributed by atoms with Crippen LogP contribution < -0.4 is 0 Å². The van der Waals surface area contributed by atoms with Crippen LogP contribution in [0.3, 0.4) is 0 Å². The molecule has 33 heavy (non-hydrogen) atoms. The zero-order valence-corrected chi connectivity index (χ0v) is 25.1. The Morgan fingerprint density at radius 3 is 1.00 bits per heavy atom. The maximum absolute atomic E-state index is 10.3. The molecule has 0 saturated heterocycles. The zero-order valence-electron chi connectivity index (χ0n) is 23.3. The van der Waals surface area contributed by atoms with E-state index in [1.54, 1.807) is 24.6 Å². The van der Waals surface area contributed by atoms with Gasteiger partial charge in [-0.15, -0.1) is 0 Å². The van der Waals surface area contributed by atoms with E-state index in [0.29, 0.717) is 6.42 Å². The van der Waals surface area contributed by atoms with Gasteiger partial charge in [-0.25, -0.2) is 8.42 Å². The molecule has 0 aliphatic carbocycles. The maximum atomic E-state index is 10.3. The molecule has 0 aliphatic heterocycles. The van der Waals surface area contributed by atoms with Gasteiger partial charge in [0.15, 0.2) is 0 Å². The molecule has 202 valence electrons. The molecule has 0 amide bonds. The molecular formula is C28H61O3PS. The van der Waals surface area contributed by atoms with Gasteiger partial charge < -0.3 is 4.55 Å². The fraction of sp³-hybridized carbons (Fsp3) is 1.00. The van der Waals surface area contributed by atoms with Crippen LogP contribution in [0.2, 0.25) is 0 Å². The molecule has 0 aromatic carbocycles. The van der Waals surface area contributed by atoms with Crippen LogP contribution in [0.5, 0.6) is 0 Å². The zero-order chi connectivity index (χ0) is 25.3. The van der Waals surface area contributed by atoms with Crippen molar-refractivity contribution in [2.24, 2.45) is 0 Å². The second-order valence-electron chi connectivity index (χ2n) is 10.1. The van der Waals surface area contributed by atoms with Gasteiger partial charge in [-0.05, 0) is 32.1 Å². The van der Waals surface area contributed by atoms with Crippen LogP contribution >= 0.6 is 7.26 Å². The molecule has 0 aromatic rings. The van der Waals surface area contributed by atoms with Crippen molar-refractivity contribution in [3.63, 3.8) is 0 Å². The van der Waals surface area contributed by atoms with E-state index in [9.17, 15) is 13.0 Å². The molecule has 0 N–H and O–H groups in total. The highest BCUT2D eigenvalue weighted by atomic mass is 32.2. The monoisotopic (exact) mass is 508 g/mol. The number of rotatable bonds is 23. The van der Waals surface area contributed by atoms with Crippen molar-refractivity contribution in [1.82, 2.24) is 0 Å². The highest BCUT2D eigenvalue weighted by molar-refractivity contribution is 7.85. The highest BCUT2D eigenvalue weighted by Gasteiger charge is 2.34. The van der Waals surface area contributed by atoms with Gasteiger partial charge >= 0.3 is 0 Å². The van der Waals surface area contributed by atoms with Crippen LogP contribution in [-0.4, -0.2) is 43.4 Å². The Balaban J connectivity index is 0. The van der Waals surface area contributed by atoms with Crippen LogP contribution in [0.15, 0.2) is 0 Å². The maximum Gasteiger partial charge on any atom is 0.0945 e. The molecule has 0 aliphatic rings. The molecule has 3 nitrogen and oxygen atoms in total. The molecule has 0 aromatic heterocycles. The third-order valence-corrected chi connectivity index (χ3v) is 12.5. The lowest BCUT2D eigenvalue weighted by Gasteiger charge is -2.28. The molecule has 0 rings (SSSR count). The first-order valence-electron chi connectivity index (χ1n) is 14.6. The van der Waals surface area contributed by atoms with E-state index < -0.39 is 17.4 Å². The van der Waals surface area contributed by atoms with Crippen molar-refractivity contribution in [2.45, 2.75) is 150 Å². The van der Waals surface area contributed by atoms with Gasteiger partial charge in [-0.2, -0.15) is 0 Å². The van der Waals surface area contributed by atoms with Gasteiger partial charge in [0.25, 0.3) is 0 Å². The van der Waals surface area contributed by atoms with E-state index in [0.717, 1.165) is 12.8 Å². The first-order chi connectivity index (χ1) is 15.8. The van der Waals surface area contributed by atoms with E-state index in [4.69, 9.17) is 0 Å². The quantitative estimate of drug-likeness (QED) is 0.0784. The van der Waals surface area contributed by atoms with Gasteiger partial charge in [0.1, 0.15) is 0 Å². The fourth-order valence-electron chi connectivity index (χ4n) is 4.41. The smallest absolute Gasteiger partial charge is 0.0945 e. The molecule has 0 unspecified atom stereocenters. The van der Waals surface area contributed by atoms with E-state index in [1.165, 1.54) is 96.3 Å². The summed E-state index contributed by atoms with van der Waals surface area (Å²) < 4.78 is 30.9. The molecule has 0 radical (unpaired) electrons. The summed E-state index contributed by atoms with van der Waals surface area (Å²) >= 11 is 0. The summed E-state index contributed by atoms with van der Waals surface area (Å²) in [6, 6.07) is 0. The van der Waals surface area contributed by atoms with Gasteiger partial charge in [-0.1, -0.05) is 118 Å². The highest BCUT2D eigenvalue weighted by Crippen LogP contribution is 2.61. The fourth-order valence-corrected chi connectivity index (χ4v) is 10.3. The summed E-state index contributed by atoms with van der Waals surface area (Å²) in [6.07, 6.45) is 29.4. The Labute approximate surface area is 210 Å². The minimum absolute atomic E-state index is 0.191. The lowest BCUT2D eigenvalue weighted by molar-refractivity contribution is 0.459. The van der Waals surface area contributed by atoms with Crippen molar-refractivity contribution < 1.29 is 13.0 Å². The third kappa shape index (κ3) is 26.8. The van der Waals surface area contributed by atoms with Gasteiger partial charge in [0.05, 0.1) is 34.8 Å². The van der Waals surface area contributed by atoms with E-state index in [-0.39, 0.29) is 5.75 Å². The summed E-state index contributed by atoms with van der Waals surface area (Å²) in [6.45, 7) is 11.6. The standard InChI is InChI=1S/C16H36P.C12H26O3S/c1-5-9-13-17(14-10-6-2,15-11-7-3)16-12-8-4;1-2-3-4-5-6-7-8-9-10-11-12-16(13,14)15/h5-16H2,1-4H3;2-12H2,1H3,(H,13,14,15)/q+1;/p-1. The Kier molecular flexibility index (Phi) is 27.4. The van der Waals surface area contributed by atoms with Crippen molar-refractivity contribution in [2.75, 3.05) is 30.4 Å². The predicted molar refractivity (Wildman–Crippen MR) is 152 cm³/mol. The lowest BCUT2D eigenvalue weighted by atomic mass is 10.1. The number of hydrogen-bond donors (Lipinski definition) is 0. The minimum Gasteiger partial charge on any atom is -0.748 e. The number of hydrogen-bond acceptors (Lipinski definition) is 3. The minimum atomic E-state index is -3.98. The lowest BCUT2D eigenvalue weighted by Crippen LogP contribution is -2.12. The normalized spacial score (nSPS) is 11.9. The third-order valence-electron chi connectivity index (χ3n) is 6.69. The Bertz CT molecular complexity index is 442.